The van der Waals surface area contributed by atoms with Crippen LogP contribution in [0.1, 0.15) is 56.4 Å². The molecule has 0 aliphatic carbocycles. The minimum Gasteiger partial charge on any atom is -0.483 e. The van der Waals surface area contributed by atoms with Gasteiger partial charge in [-0.25, -0.2) is 0 Å². The van der Waals surface area contributed by atoms with E-state index in [1.54, 1.807) is 4.90 Å². The fraction of sp³-hybridized carbons (Fsp3) is 0.462. The molecule has 0 fully saturated rings. The maximum atomic E-state index is 13.3. The van der Waals surface area contributed by atoms with Crippen molar-refractivity contribution in [1.29, 1.82) is 0 Å². The summed E-state index contributed by atoms with van der Waals surface area (Å²) >= 11 is 0. The largest absolute Gasteiger partial charge is 0.483 e. The maximum Gasteiger partial charge on any atom is 0.261 e. The van der Waals surface area contributed by atoms with Crippen LogP contribution in [0, 0.1) is 20.8 Å². The Morgan fingerprint density at radius 3 is 2.29 bits per heavy atom. The molecule has 0 bridgehead atoms. The summed E-state index contributed by atoms with van der Waals surface area (Å²) in [4.78, 5) is 28.0. The summed E-state index contributed by atoms with van der Waals surface area (Å²) in [7, 11) is 0. The Morgan fingerprint density at radius 2 is 1.71 bits per heavy atom. The topological polar surface area (TPSA) is 58.6 Å². The Labute approximate surface area is 186 Å². The van der Waals surface area contributed by atoms with Gasteiger partial charge in [0.05, 0.1) is 0 Å². The molecule has 2 rings (SSSR count). The fourth-order valence-corrected chi connectivity index (χ4v) is 3.53. The number of carbonyl (C=O) groups excluding carboxylic acids is 2. The smallest absolute Gasteiger partial charge is 0.261 e. The molecule has 1 N–H and O–H groups in total. The van der Waals surface area contributed by atoms with Gasteiger partial charge in [-0.3, -0.25) is 9.59 Å². The lowest BCUT2D eigenvalue weighted by Gasteiger charge is -2.33. The molecule has 1 atom stereocenters. The molecule has 0 spiro atoms. The standard InChI is InChI=1S/C26H36N2O3/c1-8-22(25(30)27-26(5,6)7)28(16-21-12-10-9-11-19(21)3)24(29)17-31-23-14-13-18(2)15-20(23)4/h9-15,22H,8,16-17H2,1-7H3,(H,27,30)/t22-/m1/s1. The van der Waals surface area contributed by atoms with Crippen LogP contribution in [0.2, 0.25) is 0 Å². The third-order valence-electron chi connectivity index (χ3n) is 5.17. The first-order valence-electron chi connectivity index (χ1n) is 10.9. The van der Waals surface area contributed by atoms with E-state index in [0.717, 1.165) is 22.3 Å². The van der Waals surface area contributed by atoms with Crippen LogP contribution in [0.25, 0.3) is 0 Å². The summed E-state index contributed by atoms with van der Waals surface area (Å²) in [5.41, 5.74) is 3.85. The molecule has 2 aromatic rings. The molecular formula is C26H36N2O3. The number of rotatable bonds is 8. The van der Waals surface area contributed by atoms with Gasteiger partial charge in [-0.2, -0.15) is 0 Å². The molecule has 31 heavy (non-hydrogen) atoms. The Balaban J connectivity index is 2.27. The minimum atomic E-state index is -0.575. The summed E-state index contributed by atoms with van der Waals surface area (Å²) in [6, 6.07) is 13.2. The lowest BCUT2D eigenvalue weighted by molar-refractivity contribution is -0.143. The molecule has 2 amide bonds. The van der Waals surface area contributed by atoms with Crippen molar-refractivity contribution in [3.63, 3.8) is 0 Å². The van der Waals surface area contributed by atoms with Gasteiger partial charge >= 0.3 is 0 Å². The monoisotopic (exact) mass is 424 g/mol. The number of amides is 2. The molecule has 168 valence electrons. The summed E-state index contributed by atoms with van der Waals surface area (Å²) in [5.74, 6) is 0.324. The first-order chi connectivity index (χ1) is 14.5. The van der Waals surface area contributed by atoms with E-state index in [-0.39, 0.29) is 24.0 Å². The molecule has 0 heterocycles. The van der Waals surface area contributed by atoms with E-state index < -0.39 is 6.04 Å². The molecule has 2 aromatic carbocycles. The van der Waals surface area contributed by atoms with E-state index in [4.69, 9.17) is 4.74 Å². The zero-order valence-electron chi connectivity index (χ0n) is 19.9. The normalized spacial score (nSPS) is 12.2. The van der Waals surface area contributed by atoms with Crippen molar-refractivity contribution in [2.24, 2.45) is 0 Å². The van der Waals surface area contributed by atoms with Crippen LogP contribution in [0.15, 0.2) is 42.5 Å². The highest BCUT2D eigenvalue weighted by Gasteiger charge is 2.31. The molecule has 0 radical (unpaired) electrons. The zero-order valence-corrected chi connectivity index (χ0v) is 19.9. The van der Waals surface area contributed by atoms with E-state index in [0.29, 0.717) is 18.7 Å². The van der Waals surface area contributed by atoms with Crippen LogP contribution in [0.3, 0.4) is 0 Å². The van der Waals surface area contributed by atoms with Gasteiger partial charge in [0.15, 0.2) is 6.61 Å². The van der Waals surface area contributed by atoms with Crippen LogP contribution in [0.4, 0.5) is 0 Å². The van der Waals surface area contributed by atoms with Gasteiger partial charge in [0.25, 0.3) is 5.91 Å². The molecule has 0 unspecified atom stereocenters. The van der Waals surface area contributed by atoms with Crippen molar-refractivity contribution in [2.45, 2.75) is 73.0 Å². The Hall–Kier alpha value is -2.82. The number of carbonyl (C=O) groups is 2. The lowest BCUT2D eigenvalue weighted by Crippen LogP contribution is -2.54. The molecule has 0 aromatic heterocycles. The first kappa shape index (κ1) is 24.4. The maximum absolute atomic E-state index is 13.3. The third-order valence-corrected chi connectivity index (χ3v) is 5.17. The Morgan fingerprint density at radius 1 is 1.03 bits per heavy atom. The van der Waals surface area contributed by atoms with Crippen LogP contribution < -0.4 is 10.1 Å². The molecule has 5 nitrogen and oxygen atoms in total. The second-order valence-electron chi connectivity index (χ2n) is 9.17. The van der Waals surface area contributed by atoms with E-state index >= 15 is 0 Å². The van der Waals surface area contributed by atoms with Crippen LogP contribution >= 0.6 is 0 Å². The van der Waals surface area contributed by atoms with Gasteiger partial charge in [0, 0.05) is 12.1 Å². The Kier molecular flexibility index (Phi) is 8.26. The number of nitrogens with zero attached hydrogens (tertiary/aromatic N) is 1. The van der Waals surface area contributed by atoms with Crippen LogP contribution in [-0.2, 0) is 16.1 Å². The zero-order chi connectivity index (χ0) is 23.2. The summed E-state index contributed by atoms with van der Waals surface area (Å²) in [6.45, 7) is 14.0. The van der Waals surface area contributed by atoms with Crippen molar-refractivity contribution in [1.82, 2.24) is 10.2 Å². The van der Waals surface area contributed by atoms with Gasteiger partial charge < -0.3 is 15.0 Å². The van der Waals surface area contributed by atoms with Crippen molar-refractivity contribution in [3.8, 4) is 5.75 Å². The predicted molar refractivity (Wildman–Crippen MR) is 125 cm³/mol. The molecule has 0 saturated heterocycles. The number of ether oxygens (including phenoxy) is 1. The highest BCUT2D eigenvalue weighted by Crippen LogP contribution is 2.20. The molecule has 0 saturated carbocycles. The minimum absolute atomic E-state index is 0.116. The van der Waals surface area contributed by atoms with Crippen molar-refractivity contribution >= 4 is 11.8 Å². The summed E-state index contributed by atoms with van der Waals surface area (Å²) in [5, 5.41) is 3.02. The molecule has 0 aliphatic rings. The van der Waals surface area contributed by atoms with Crippen molar-refractivity contribution in [3.05, 3.63) is 64.7 Å². The third kappa shape index (κ3) is 7.12. The van der Waals surface area contributed by atoms with Gasteiger partial charge in [0.1, 0.15) is 11.8 Å². The first-order valence-corrected chi connectivity index (χ1v) is 10.9. The SMILES string of the molecule is CC[C@H](C(=O)NC(C)(C)C)N(Cc1ccccc1C)C(=O)COc1ccc(C)cc1C. The quantitative estimate of drug-likeness (QED) is 0.667. The Bertz CT molecular complexity index is 915. The average Bonchev–Trinajstić information content (AvgIpc) is 2.67. The average molecular weight is 425 g/mol. The lowest BCUT2D eigenvalue weighted by atomic mass is 10.0. The van der Waals surface area contributed by atoms with Gasteiger partial charge in [-0.05, 0) is 70.7 Å². The molecular weight excluding hydrogens is 388 g/mol. The number of aryl methyl sites for hydroxylation is 3. The van der Waals surface area contributed by atoms with Crippen LogP contribution in [-0.4, -0.2) is 34.9 Å². The van der Waals surface area contributed by atoms with E-state index in [1.165, 1.54) is 0 Å². The second kappa shape index (κ2) is 10.5. The fourth-order valence-electron chi connectivity index (χ4n) is 3.53. The highest BCUT2D eigenvalue weighted by molar-refractivity contribution is 5.88. The van der Waals surface area contributed by atoms with Crippen molar-refractivity contribution in [2.75, 3.05) is 6.61 Å². The summed E-state index contributed by atoms with van der Waals surface area (Å²) < 4.78 is 5.85. The van der Waals surface area contributed by atoms with Gasteiger partial charge in [-0.1, -0.05) is 48.9 Å². The van der Waals surface area contributed by atoms with Crippen molar-refractivity contribution < 1.29 is 14.3 Å². The summed E-state index contributed by atoms with van der Waals surface area (Å²) in [6.07, 6.45) is 0.517. The number of hydrogen-bond acceptors (Lipinski definition) is 3. The number of nitrogens with one attached hydrogen (secondary N) is 1. The highest BCUT2D eigenvalue weighted by atomic mass is 16.5. The van der Waals surface area contributed by atoms with Crippen LogP contribution in [0.5, 0.6) is 5.75 Å². The second-order valence-corrected chi connectivity index (χ2v) is 9.17. The van der Waals surface area contributed by atoms with E-state index in [9.17, 15) is 9.59 Å². The van der Waals surface area contributed by atoms with E-state index in [2.05, 4.69) is 5.32 Å². The molecule has 0 aliphatic heterocycles. The molecule has 5 heteroatoms. The number of benzene rings is 2. The predicted octanol–water partition coefficient (Wildman–Crippen LogP) is 4.71. The van der Waals surface area contributed by atoms with E-state index in [1.807, 2.05) is 90.9 Å². The number of hydrogen-bond donors (Lipinski definition) is 1. The van der Waals surface area contributed by atoms with Gasteiger partial charge in [0.2, 0.25) is 5.91 Å². The van der Waals surface area contributed by atoms with Gasteiger partial charge in [-0.15, -0.1) is 0 Å².